The predicted molar refractivity (Wildman–Crippen MR) is 80.8 cm³/mol. The number of aromatic nitrogens is 2. The average Bonchev–Trinajstić information content (AvgIpc) is 3.03. The minimum atomic E-state index is -0.505. The van der Waals surface area contributed by atoms with Crippen molar-refractivity contribution in [3.05, 3.63) is 36.3 Å². The topological polar surface area (TPSA) is 79.3 Å². The Morgan fingerprint density at radius 1 is 1.32 bits per heavy atom. The first kappa shape index (κ1) is 14.5. The zero-order valence-electron chi connectivity index (χ0n) is 11.9. The van der Waals surface area contributed by atoms with E-state index >= 15 is 0 Å². The van der Waals surface area contributed by atoms with E-state index in [4.69, 9.17) is 4.74 Å². The summed E-state index contributed by atoms with van der Waals surface area (Å²) in [5, 5.41) is 15.2. The van der Waals surface area contributed by atoms with E-state index in [0.717, 1.165) is 25.6 Å². The average molecular weight is 304 g/mol. The zero-order valence-corrected chi connectivity index (χ0v) is 11.9. The van der Waals surface area contributed by atoms with Crippen molar-refractivity contribution in [2.24, 2.45) is 0 Å². The number of hydrogen-bond acceptors (Lipinski definition) is 6. The Hall–Kier alpha value is -2.41. The monoisotopic (exact) mass is 304 g/mol. The van der Waals surface area contributed by atoms with Crippen molar-refractivity contribution < 1.29 is 14.2 Å². The number of halogens is 1. The first-order valence-electron chi connectivity index (χ1n) is 7.15. The minimum absolute atomic E-state index is 0.0999. The van der Waals surface area contributed by atoms with Gasteiger partial charge in [0.05, 0.1) is 12.3 Å². The highest BCUT2D eigenvalue weighted by Crippen LogP contribution is 2.19. The number of anilines is 3. The fourth-order valence-electron chi connectivity index (χ4n) is 2.24. The zero-order chi connectivity index (χ0) is 15.4. The van der Waals surface area contributed by atoms with Crippen molar-refractivity contribution in [2.45, 2.75) is 18.9 Å². The van der Waals surface area contributed by atoms with Gasteiger partial charge in [0.25, 0.3) is 0 Å². The molecule has 1 fully saturated rings. The summed E-state index contributed by atoms with van der Waals surface area (Å²) in [4.78, 5) is 8.03. The largest absolute Gasteiger partial charge is 0.508 e. The molecule has 1 aromatic heterocycles. The van der Waals surface area contributed by atoms with Crippen LogP contribution in [0, 0.1) is 5.82 Å². The van der Waals surface area contributed by atoms with Crippen molar-refractivity contribution in [1.29, 1.82) is 0 Å². The van der Waals surface area contributed by atoms with Crippen LogP contribution in [0.5, 0.6) is 5.75 Å². The van der Waals surface area contributed by atoms with Crippen molar-refractivity contribution in [3.8, 4) is 5.75 Å². The van der Waals surface area contributed by atoms with Gasteiger partial charge in [0.15, 0.2) is 11.6 Å². The number of benzene rings is 1. The second-order valence-corrected chi connectivity index (χ2v) is 5.08. The van der Waals surface area contributed by atoms with Crippen LogP contribution >= 0.6 is 0 Å². The quantitative estimate of drug-likeness (QED) is 0.737. The van der Waals surface area contributed by atoms with Crippen molar-refractivity contribution in [3.63, 3.8) is 0 Å². The molecule has 1 aromatic carbocycles. The van der Waals surface area contributed by atoms with Gasteiger partial charge in [0.1, 0.15) is 5.75 Å². The molecular weight excluding hydrogens is 287 g/mol. The Labute approximate surface area is 127 Å². The molecule has 3 N–H and O–H groups in total. The lowest BCUT2D eigenvalue weighted by Gasteiger charge is -2.12. The highest BCUT2D eigenvalue weighted by atomic mass is 19.1. The molecule has 6 nitrogen and oxygen atoms in total. The highest BCUT2D eigenvalue weighted by molar-refractivity contribution is 5.55. The molecule has 1 aliphatic rings. The summed E-state index contributed by atoms with van der Waals surface area (Å²) in [7, 11) is 0. The maximum absolute atomic E-state index is 13.7. The van der Waals surface area contributed by atoms with E-state index in [2.05, 4.69) is 20.6 Å². The van der Waals surface area contributed by atoms with Crippen LogP contribution in [0.15, 0.2) is 30.5 Å². The molecule has 2 heterocycles. The van der Waals surface area contributed by atoms with Crippen LogP contribution in [0.25, 0.3) is 0 Å². The van der Waals surface area contributed by atoms with E-state index in [9.17, 15) is 9.50 Å². The summed E-state index contributed by atoms with van der Waals surface area (Å²) in [5.74, 6) is 0.0902. The number of rotatable bonds is 5. The summed E-state index contributed by atoms with van der Waals surface area (Å²) in [6, 6.07) is 6.45. The van der Waals surface area contributed by atoms with Gasteiger partial charge in [-0.1, -0.05) is 0 Å². The summed E-state index contributed by atoms with van der Waals surface area (Å²) in [6.45, 7) is 1.28. The Morgan fingerprint density at radius 3 is 2.86 bits per heavy atom. The molecule has 1 saturated heterocycles. The fraction of sp³-hybridized carbons (Fsp3) is 0.333. The van der Waals surface area contributed by atoms with E-state index in [-0.39, 0.29) is 23.6 Å². The van der Waals surface area contributed by atoms with Gasteiger partial charge in [0, 0.05) is 18.8 Å². The molecule has 1 atom stereocenters. The fourth-order valence-corrected chi connectivity index (χ4v) is 2.24. The number of ether oxygens (including phenoxy) is 1. The van der Waals surface area contributed by atoms with Gasteiger partial charge in [-0.25, -0.2) is 9.37 Å². The summed E-state index contributed by atoms with van der Waals surface area (Å²) in [5.41, 5.74) is 0.703. The number of aromatic hydroxyl groups is 1. The Bertz CT molecular complexity index is 630. The Balaban J connectivity index is 1.67. The van der Waals surface area contributed by atoms with Crippen LogP contribution in [0.4, 0.5) is 21.8 Å². The van der Waals surface area contributed by atoms with E-state index in [1.165, 1.54) is 0 Å². The summed E-state index contributed by atoms with van der Waals surface area (Å²) in [6.07, 6.45) is 3.22. The molecule has 0 radical (unpaired) electrons. The van der Waals surface area contributed by atoms with Gasteiger partial charge in [-0.15, -0.1) is 0 Å². The molecule has 0 saturated carbocycles. The van der Waals surface area contributed by atoms with Gasteiger partial charge in [-0.05, 0) is 37.1 Å². The highest BCUT2D eigenvalue weighted by Gasteiger charge is 2.16. The lowest BCUT2D eigenvalue weighted by atomic mass is 10.2. The first-order chi connectivity index (χ1) is 10.7. The van der Waals surface area contributed by atoms with Crippen molar-refractivity contribution in [2.75, 3.05) is 23.8 Å². The SMILES string of the molecule is Oc1ccc(Nc2ncc(F)c(NCC3CCCO3)n2)cc1. The molecule has 116 valence electrons. The van der Waals surface area contributed by atoms with Crippen LogP contribution in [0.3, 0.4) is 0 Å². The number of nitrogens with zero attached hydrogens (tertiary/aromatic N) is 2. The summed E-state index contributed by atoms with van der Waals surface area (Å²) >= 11 is 0. The van der Waals surface area contributed by atoms with Crippen LogP contribution in [-0.4, -0.2) is 34.3 Å². The van der Waals surface area contributed by atoms with Crippen molar-refractivity contribution >= 4 is 17.5 Å². The maximum atomic E-state index is 13.7. The van der Waals surface area contributed by atoms with Crippen LogP contribution in [-0.2, 0) is 4.74 Å². The molecule has 2 aromatic rings. The molecule has 0 spiro atoms. The lowest BCUT2D eigenvalue weighted by molar-refractivity contribution is 0.120. The van der Waals surface area contributed by atoms with E-state index in [1.54, 1.807) is 24.3 Å². The number of phenols is 1. The molecule has 1 unspecified atom stereocenters. The molecule has 0 bridgehead atoms. The van der Waals surface area contributed by atoms with Gasteiger partial charge in [-0.2, -0.15) is 4.98 Å². The second-order valence-electron chi connectivity index (χ2n) is 5.08. The number of nitrogens with one attached hydrogen (secondary N) is 2. The van der Waals surface area contributed by atoms with Crippen LogP contribution < -0.4 is 10.6 Å². The standard InChI is InChI=1S/C15H17FN4O2/c16-13-9-18-15(19-10-3-5-11(21)6-4-10)20-14(13)17-8-12-2-1-7-22-12/h3-6,9,12,21H,1-2,7-8H2,(H2,17,18,19,20). The van der Waals surface area contributed by atoms with Crippen LogP contribution in [0.2, 0.25) is 0 Å². The Morgan fingerprint density at radius 2 is 2.14 bits per heavy atom. The van der Waals surface area contributed by atoms with Crippen LogP contribution in [0.1, 0.15) is 12.8 Å². The van der Waals surface area contributed by atoms with E-state index < -0.39 is 5.82 Å². The van der Waals surface area contributed by atoms with E-state index in [1.807, 2.05) is 0 Å². The van der Waals surface area contributed by atoms with Crippen molar-refractivity contribution in [1.82, 2.24) is 9.97 Å². The third kappa shape index (κ3) is 3.62. The van der Waals surface area contributed by atoms with Gasteiger partial charge in [0.2, 0.25) is 5.95 Å². The molecule has 0 amide bonds. The lowest BCUT2D eigenvalue weighted by Crippen LogP contribution is -2.20. The second kappa shape index (κ2) is 6.57. The molecular formula is C15H17FN4O2. The molecule has 22 heavy (non-hydrogen) atoms. The Kier molecular flexibility index (Phi) is 4.34. The minimum Gasteiger partial charge on any atom is -0.508 e. The van der Waals surface area contributed by atoms with E-state index in [0.29, 0.717) is 12.2 Å². The predicted octanol–water partition coefficient (Wildman–Crippen LogP) is 2.66. The number of hydrogen-bond donors (Lipinski definition) is 3. The molecule has 3 rings (SSSR count). The summed E-state index contributed by atoms with van der Waals surface area (Å²) < 4.78 is 19.2. The molecule has 0 aliphatic carbocycles. The number of phenolic OH excluding ortho intramolecular Hbond substituents is 1. The third-order valence-electron chi connectivity index (χ3n) is 3.39. The first-order valence-corrected chi connectivity index (χ1v) is 7.15. The van der Waals surface area contributed by atoms with Gasteiger partial charge in [-0.3, -0.25) is 0 Å². The maximum Gasteiger partial charge on any atom is 0.229 e. The third-order valence-corrected chi connectivity index (χ3v) is 3.39. The normalized spacial score (nSPS) is 17.4. The smallest absolute Gasteiger partial charge is 0.229 e. The van der Waals surface area contributed by atoms with Gasteiger partial charge < -0.3 is 20.5 Å². The molecule has 1 aliphatic heterocycles. The van der Waals surface area contributed by atoms with Gasteiger partial charge >= 0.3 is 0 Å². The molecule has 7 heteroatoms.